The number of hydrogen-bond donors (Lipinski definition) is 2. The Morgan fingerprint density at radius 2 is 2.28 bits per heavy atom. The van der Waals surface area contributed by atoms with E-state index in [1.165, 1.54) is 22.0 Å². The van der Waals surface area contributed by atoms with Gasteiger partial charge in [-0.1, -0.05) is 28.9 Å². The fourth-order valence-corrected chi connectivity index (χ4v) is 2.96. The van der Waals surface area contributed by atoms with Crippen molar-refractivity contribution in [2.75, 3.05) is 6.54 Å². The molecule has 1 aromatic carbocycles. The Morgan fingerprint density at radius 3 is 3.06 bits per heavy atom. The third kappa shape index (κ3) is 3.81. The van der Waals surface area contributed by atoms with Gasteiger partial charge in [-0.2, -0.15) is 0 Å². The van der Waals surface area contributed by atoms with Gasteiger partial charge in [-0.15, -0.1) is 0 Å². The van der Waals surface area contributed by atoms with E-state index in [0.717, 1.165) is 32.2 Å². The van der Waals surface area contributed by atoms with Crippen LogP contribution in [0.15, 0.2) is 22.7 Å². The standard InChI is InChI=1S/C15H22BrNO/c1-2-15(18)7-8-17-14-6-4-11-9-13(16)5-3-12(11)10-14/h3,5,9,14-15,17-18H,2,4,6-8,10H2,1H3. The molecule has 18 heavy (non-hydrogen) atoms. The number of fused-ring (bicyclic) bond motifs is 1. The normalized spacial score (nSPS) is 20.5. The Balaban J connectivity index is 1.83. The van der Waals surface area contributed by atoms with Crippen molar-refractivity contribution < 1.29 is 5.11 Å². The lowest BCUT2D eigenvalue weighted by Gasteiger charge is -2.26. The van der Waals surface area contributed by atoms with E-state index in [9.17, 15) is 5.11 Å². The van der Waals surface area contributed by atoms with Gasteiger partial charge in [0.2, 0.25) is 0 Å². The van der Waals surface area contributed by atoms with Crippen molar-refractivity contribution in [3.8, 4) is 0 Å². The van der Waals surface area contributed by atoms with Crippen LogP contribution in [0.25, 0.3) is 0 Å². The summed E-state index contributed by atoms with van der Waals surface area (Å²) in [5.74, 6) is 0. The molecule has 2 atom stereocenters. The molecule has 100 valence electrons. The highest BCUT2D eigenvalue weighted by Crippen LogP contribution is 2.24. The molecule has 0 saturated heterocycles. The number of aryl methyl sites for hydroxylation is 1. The average Bonchev–Trinajstić information content (AvgIpc) is 2.38. The number of rotatable bonds is 5. The Labute approximate surface area is 118 Å². The Morgan fingerprint density at radius 1 is 1.44 bits per heavy atom. The van der Waals surface area contributed by atoms with Gasteiger partial charge < -0.3 is 10.4 Å². The van der Waals surface area contributed by atoms with E-state index >= 15 is 0 Å². The minimum absolute atomic E-state index is 0.149. The zero-order valence-corrected chi connectivity index (χ0v) is 12.5. The molecule has 0 fully saturated rings. The van der Waals surface area contributed by atoms with E-state index in [1.807, 2.05) is 6.92 Å². The number of halogens is 1. The summed E-state index contributed by atoms with van der Waals surface area (Å²) in [6.45, 7) is 2.95. The summed E-state index contributed by atoms with van der Waals surface area (Å²) in [5, 5.41) is 13.1. The van der Waals surface area contributed by atoms with Gasteiger partial charge in [-0.3, -0.25) is 0 Å². The van der Waals surface area contributed by atoms with E-state index in [-0.39, 0.29) is 6.10 Å². The van der Waals surface area contributed by atoms with Crippen LogP contribution in [0.5, 0.6) is 0 Å². The predicted molar refractivity (Wildman–Crippen MR) is 78.9 cm³/mol. The van der Waals surface area contributed by atoms with Crippen molar-refractivity contribution in [3.63, 3.8) is 0 Å². The van der Waals surface area contributed by atoms with Crippen molar-refractivity contribution in [3.05, 3.63) is 33.8 Å². The number of hydrogen-bond acceptors (Lipinski definition) is 2. The first kappa shape index (κ1) is 14.0. The maximum atomic E-state index is 9.53. The zero-order chi connectivity index (χ0) is 13.0. The fraction of sp³-hybridized carbons (Fsp3) is 0.600. The summed E-state index contributed by atoms with van der Waals surface area (Å²) in [4.78, 5) is 0. The fourth-order valence-electron chi connectivity index (χ4n) is 2.56. The van der Waals surface area contributed by atoms with E-state index < -0.39 is 0 Å². The second kappa shape index (κ2) is 6.69. The smallest absolute Gasteiger partial charge is 0.0549 e. The van der Waals surface area contributed by atoms with Crippen LogP contribution in [0.1, 0.15) is 37.3 Å². The second-order valence-electron chi connectivity index (χ2n) is 5.16. The van der Waals surface area contributed by atoms with Crippen LogP contribution in [-0.2, 0) is 12.8 Å². The number of nitrogens with one attached hydrogen (secondary N) is 1. The predicted octanol–water partition coefficient (Wildman–Crippen LogP) is 3.06. The highest BCUT2D eigenvalue weighted by molar-refractivity contribution is 9.10. The average molecular weight is 312 g/mol. The van der Waals surface area contributed by atoms with Crippen molar-refractivity contribution in [2.45, 2.75) is 51.2 Å². The maximum Gasteiger partial charge on any atom is 0.0549 e. The quantitative estimate of drug-likeness (QED) is 0.876. The first-order chi connectivity index (χ1) is 8.69. The highest BCUT2D eigenvalue weighted by atomic mass is 79.9. The first-order valence-corrected chi connectivity index (χ1v) is 7.67. The van der Waals surface area contributed by atoms with Gasteiger partial charge in [0.15, 0.2) is 0 Å². The minimum Gasteiger partial charge on any atom is -0.393 e. The number of aliphatic hydroxyl groups is 1. The maximum absolute atomic E-state index is 9.53. The van der Waals surface area contributed by atoms with Crippen LogP contribution < -0.4 is 5.32 Å². The van der Waals surface area contributed by atoms with Gasteiger partial charge >= 0.3 is 0 Å². The number of benzene rings is 1. The molecule has 0 spiro atoms. The topological polar surface area (TPSA) is 32.3 Å². The van der Waals surface area contributed by atoms with E-state index in [1.54, 1.807) is 0 Å². The molecule has 2 N–H and O–H groups in total. The van der Waals surface area contributed by atoms with Crippen LogP contribution in [0, 0.1) is 0 Å². The summed E-state index contributed by atoms with van der Waals surface area (Å²) in [7, 11) is 0. The third-order valence-corrected chi connectivity index (χ3v) is 4.27. The van der Waals surface area contributed by atoms with E-state index in [0.29, 0.717) is 6.04 Å². The van der Waals surface area contributed by atoms with Crippen molar-refractivity contribution in [1.29, 1.82) is 0 Å². The number of aliphatic hydroxyl groups excluding tert-OH is 1. The summed E-state index contributed by atoms with van der Waals surface area (Å²) in [6.07, 6.45) is 5.03. The Bertz CT molecular complexity index is 394. The summed E-state index contributed by atoms with van der Waals surface area (Å²) in [6, 6.07) is 7.17. The molecule has 0 saturated carbocycles. The van der Waals surface area contributed by atoms with Crippen LogP contribution in [0.4, 0.5) is 0 Å². The lowest BCUT2D eigenvalue weighted by molar-refractivity contribution is 0.158. The van der Waals surface area contributed by atoms with Gasteiger partial charge in [-0.25, -0.2) is 0 Å². The van der Waals surface area contributed by atoms with Gasteiger partial charge in [0, 0.05) is 10.5 Å². The summed E-state index contributed by atoms with van der Waals surface area (Å²) < 4.78 is 1.18. The zero-order valence-electron chi connectivity index (χ0n) is 11.0. The van der Waals surface area contributed by atoms with Crippen LogP contribution in [-0.4, -0.2) is 23.8 Å². The van der Waals surface area contributed by atoms with Gasteiger partial charge in [-0.05, 0) is 61.9 Å². The molecule has 1 aromatic rings. The molecule has 0 bridgehead atoms. The Hall–Kier alpha value is -0.380. The molecule has 2 unspecified atom stereocenters. The molecular weight excluding hydrogens is 290 g/mol. The molecule has 0 heterocycles. The molecule has 1 aliphatic carbocycles. The van der Waals surface area contributed by atoms with Crippen molar-refractivity contribution in [2.24, 2.45) is 0 Å². The van der Waals surface area contributed by atoms with Crippen molar-refractivity contribution >= 4 is 15.9 Å². The minimum atomic E-state index is -0.149. The SMILES string of the molecule is CCC(O)CCNC1CCc2cc(Br)ccc2C1. The molecule has 1 aliphatic rings. The van der Waals surface area contributed by atoms with Crippen LogP contribution >= 0.6 is 15.9 Å². The third-order valence-electron chi connectivity index (χ3n) is 3.78. The van der Waals surface area contributed by atoms with Gasteiger partial charge in [0.05, 0.1) is 6.10 Å². The van der Waals surface area contributed by atoms with Gasteiger partial charge in [0.25, 0.3) is 0 Å². The summed E-state index contributed by atoms with van der Waals surface area (Å²) >= 11 is 3.53. The second-order valence-corrected chi connectivity index (χ2v) is 6.07. The highest BCUT2D eigenvalue weighted by Gasteiger charge is 2.18. The van der Waals surface area contributed by atoms with Crippen LogP contribution in [0.3, 0.4) is 0 Å². The lowest BCUT2D eigenvalue weighted by atomic mass is 9.88. The van der Waals surface area contributed by atoms with Crippen LogP contribution in [0.2, 0.25) is 0 Å². The molecule has 0 aliphatic heterocycles. The van der Waals surface area contributed by atoms with Crippen molar-refractivity contribution in [1.82, 2.24) is 5.32 Å². The Kier molecular flexibility index (Phi) is 5.22. The van der Waals surface area contributed by atoms with E-state index in [2.05, 4.69) is 39.4 Å². The van der Waals surface area contributed by atoms with Gasteiger partial charge in [0.1, 0.15) is 0 Å². The monoisotopic (exact) mass is 311 g/mol. The largest absolute Gasteiger partial charge is 0.393 e. The lowest BCUT2D eigenvalue weighted by Crippen LogP contribution is -2.36. The molecule has 2 nitrogen and oxygen atoms in total. The molecule has 0 radical (unpaired) electrons. The molecular formula is C15H22BrNO. The summed E-state index contributed by atoms with van der Waals surface area (Å²) in [5.41, 5.74) is 2.95. The molecule has 0 amide bonds. The molecule has 0 aromatic heterocycles. The first-order valence-electron chi connectivity index (χ1n) is 6.87. The molecule has 3 heteroatoms. The van der Waals surface area contributed by atoms with E-state index in [4.69, 9.17) is 0 Å². The molecule has 2 rings (SSSR count).